The number of carbonyl (C=O) groups is 1. The van der Waals surface area contributed by atoms with E-state index in [2.05, 4.69) is 0 Å². The van der Waals surface area contributed by atoms with Crippen molar-refractivity contribution in [3.05, 3.63) is 29.6 Å². The highest BCUT2D eigenvalue weighted by atomic mass is 19.1. The lowest BCUT2D eigenvalue weighted by molar-refractivity contribution is -0.144. The van der Waals surface area contributed by atoms with E-state index in [0.29, 0.717) is 36.9 Å². The normalized spacial score (nSPS) is 11.5. The summed E-state index contributed by atoms with van der Waals surface area (Å²) in [5, 5.41) is 9.58. The van der Waals surface area contributed by atoms with E-state index in [1.165, 1.54) is 18.2 Å². The van der Waals surface area contributed by atoms with E-state index in [1.54, 1.807) is 0 Å². The van der Waals surface area contributed by atoms with Gasteiger partial charge < -0.3 is 10.8 Å². The second kappa shape index (κ2) is 5.85. The first-order chi connectivity index (χ1) is 8.47. The fraction of sp³-hybridized carbons (Fsp3) is 0.500. The Hall–Kier alpha value is -1.58. The first-order valence-corrected chi connectivity index (χ1v) is 6.26. The number of hydrogen-bond donors (Lipinski definition) is 2. The van der Waals surface area contributed by atoms with Gasteiger partial charge in [0.05, 0.1) is 5.41 Å². The van der Waals surface area contributed by atoms with Gasteiger partial charge in [0.15, 0.2) is 0 Å². The first-order valence-electron chi connectivity index (χ1n) is 6.26. The van der Waals surface area contributed by atoms with E-state index in [9.17, 15) is 14.3 Å². The summed E-state index contributed by atoms with van der Waals surface area (Å²) in [5.41, 5.74) is 5.52. The molecule has 4 heteroatoms. The molecule has 0 atom stereocenters. The van der Waals surface area contributed by atoms with Crippen LogP contribution in [0.2, 0.25) is 0 Å². The van der Waals surface area contributed by atoms with E-state index < -0.39 is 17.2 Å². The average molecular weight is 253 g/mol. The van der Waals surface area contributed by atoms with E-state index in [1.807, 2.05) is 13.8 Å². The summed E-state index contributed by atoms with van der Waals surface area (Å²) in [6, 6.07) is 3.95. The molecule has 0 aromatic heterocycles. The van der Waals surface area contributed by atoms with E-state index in [-0.39, 0.29) is 0 Å². The van der Waals surface area contributed by atoms with Crippen LogP contribution in [0, 0.1) is 5.82 Å². The maximum atomic E-state index is 13.4. The van der Waals surface area contributed by atoms with Crippen molar-refractivity contribution in [2.75, 3.05) is 5.73 Å². The van der Waals surface area contributed by atoms with Crippen LogP contribution in [0.3, 0.4) is 0 Å². The van der Waals surface area contributed by atoms with Gasteiger partial charge in [0.25, 0.3) is 0 Å². The molecule has 0 saturated heterocycles. The summed E-state index contributed by atoms with van der Waals surface area (Å²) in [6.45, 7) is 3.84. The molecule has 18 heavy (non-hydrogen) atoms. The molecule has 0 amide bonds. The largest absolute Gasteiger partial charge is 0.481 e. The third-order valence-electron chi connectivity index (χ3n) is 3.29. The van der Waals surface area contributed by atoms with Gasteiger partial charge in [-0.25, -0.2) is 4.39 Å². The van der Waals surface area contributed by atoms with Crippen LogP contribution in [0.25, 0.3) is 0 Å². The Morgan fingerprint density at radius 1 is 1.33 bits per heavy atom. The van der Waals surface area contributed by atoms with Crippen LogP contribution in [-0.4, -0.2) is 11.1 Å². The number of hydrogen-bond acceptors (Lipinski definition) is 2. The maximum absolute atomic E-state index is 13.4. The molecule has 0 aliphatic rings. The molecule has 1 aromatic carbocycles. The van der Waals surface area contributed by atoms with Crippen molar-refractivity contribution in [3.63, 3.8) is 0 Å². The quantitative estimate of drug-likeness (QED) is 0.764. The van der Waals surface area contributed by atoms with Crippen LogP contribution in [0.5, 0.6) is 0 Å². The molecule has 0 aliphatic carbocycles. The fourth-order valence-corrected chi connectivity index (χ4v) is 2.52. The third kappa shape index (κ3) is 2.63. The van der Waals surface area contributed by atoms with Crippen molar-refractivity contribution < 1.29 is 14.3 Å². The van der Waals surface area contributed by atoms with Crippen LogP contribution in [0.1, 0.15) is 45.1 Å². The lowest BCUT2D eigenvalue weighted by atomic mass is 9.73. The number of nitrogen functional groups attached to an aromatic ring is 1. The highest BCUT2D eigenvalue weighted by molar-refractivity contribution is 5.83. The minimum atomic E-state index is -1.07. The molecular formula is C14H20FNO2. The summed E-state index contributed by atoms with van der Waals surface area (Å²) < 4.78 is 13.4. The minimum Gasteiger partial charge on any atom is -0.481 e. The smallest absolute Gasteiger partial charge is 0.314 e. The highest BCUT2D eigenvalue weighted by Crippen LogP contribution is 2.38. The number of carboxylic acids is 1. The first kappa shape index (κ1) is 14.5. The number of nitrogens with two attached hydrogens (primary N) is 1. The van der Waals surface area contributed by atoms with Gasteiger partial charge in [-0.3, -0.25) is 4.79 Å². The van der Waals surface area contributed by atoms with E-state index >= 15 is 0 Å². The molecule has 100 valence electrons. The zero-order valence-corrected chi connectivity index (χ0v) is 10.9. The van der Waals surface area contributed by atoms with Gasteiger partial charge >= 0.3 is 5.97 Å². The molecule has 0 radical (unpaired) electrons. The summed E-state index contributed by atoms with van der Waals surface area (Å²) in [4.78, 5) is 11.7. The summed E-state index contributed by atoms with van der Waals surface area (Å²) in [7, 11) is 0. The highest BCUT2D eigenvalue weighted by Gasteiger charge is 2.40. The fourth-order valence-electron chi connectivity index (χ4n) is 2.52. The zero-order chi connectivity index (χ0) is 13.8. The summed E-state index contributed by atoms with van der Waals surface area (Å²) in [5.74, 6) is -1.37. The second-order valence-corrected chi connectivity index (χ2v) is 4.62. The van der Waals surface area contributed by atoms with Crippen LogP contribution in [0.4, 0.5) is 10.1 Å². The number of aliphatic carboxylic acids is 1. The number of anilines is 1. The number of carboxylic acid groups (broad SMARTS) is 1. The standard InChI is InChI=1S/C14H20FNO2/c1-3-7-14(8-4-2,13(17)18)11-9-10(15)5-6-12(11)16/h5-6,9H,3-4,7-8,16H2,1-2H3,(H,17,18). The zero-order valence-electron chi connectivity index (χ0n) is 10.9. The Kier molecular flexibility index (Phi) is 4.70. The van der Waals surface area contributed by atoms with Crippen LogP contribution >= 0.6 is 0 Å². The lowest BCUT2D eigenvalue weighted by Crippen LogP contribution is -2.36. The van der Waals surface area contributed by atoms with Crippen LogP contribution in [-0.2, 0) is 10.2 Å². The predicted molar refractivity (Wildman–Crippen MR) is 69.9 cm³/mol. The SMILES string of the molecule is CCCC(CCC)(C(=O)O)c1cc(F)ccc1N. The molecular weight excluding hydrogens is 233 g/mol. The molecule has 0 bridgehead atoms. The molecule has 0 saturated carbocycles. The van der Waals surface area contributed by atoms with Gasteiger partial charge in [-0.2, -0.15) is 0 Å². The predicted octanol–water partition coefficient (Wildman–Crippen LogP) is 3.33. The molecule has 3 N–H and O–H groups in total. The minimum absolute atomic E-state index is 0.348. The Bertz CT molecular complexity index is 426. The molecule has 0 spiro atoms. The van der Waals surface area contributed by atoms with Gasteiger partial charge in [0.2, 0.25) is 0 Å². The Labute approximate surface area is 107 Å². The average Bonchev–Trinajstić information content (AvgIpc) is 2.31. The molecule has 0 unspecified atom stereocenters. The van der Waals surface area contributed by atoms with Gasteiger partial charge in [-0.05, 0) is 36.6 Å². The Morgan fingerprint density at radius 3 is 2.33 bits per heavy atom. The topological polar surface area (TPSA) is 63.3 Å². The van der Waals surface area contributed by atoms with Crippen molar-refractivity contribution >= 4 is 11.7 Å². The van der Waals surface area contributed by atoms with Crippen molar-refractivity contribution in [2.24, 2.45) is 0 Å². The summed E-state index contributed by atoms with van der Waals surface area (Å²) in [6.07, 6.45) is 2.35. The van der Waals surface area contributed by atoms with Crippen LogP contribution < -0.4 is 5.73 Å². The van der Waals surface area contributed by atoms with Crippen LogP contribution in [0.15, 0.2) is 18.2 Å². The van der Waals surface area contributed by atoms with Gasteiger partial charge in [0.1, 0.15) is 5.82 Å². The van der Waals surface area contributed by atoms with Crippen molar-refractivity contribution in [1.82, 2.24) is 0 Å². The van der Waals surface area contributed by atoms with Crippen molar-refractivity contribution in [2.45, 2.75) is 44.9 Å². The molecule has 3 nitrogen and oxygen atoms in total. The van der Waals surface area contributed by atoms with Crippen molar-refractivity contribution in [3.8, 4) is 0 Å². The second-order valence-electron chi connectivity index (χ2n) is 4.62. The number of rotatable bonds is 6. The van der Waals surface area contributed by atoms with E-state index in [0.717, 1.165) is 0 Å². The lowest BCUT2D eigenvalue weighted by Gasteiger charge is -2.30. The Balaban J connectivity index is 3.39. The van der Waals surface area contributed by atoms with Gasteiger partial charge in [-0.1, -0.05) is 26.7 Å². The maximum Gasteiger partial charge on any atom is 0.314 e. The molecule has 1 rings (SSSR count). The van der Waals surface area contributed by atoms with Crippen molar-refractivity contribution in [1.29, 1.82) is 0 Å². The van der Waals surface area contributed by atoms with E-state index in [4.69, 9.17) is 5.73 Å². The third-order valence-corrected chi connectivity index (χ3v) is 3.29. The molecule has 0 heterocycles. The molecule has 0 aliphatic heterocycles. The monoisotopic (exact) mass is 253 g/mol. The number of halogens is 1. The van der Waals surface area contributed by atoms with Gasteiger partial charge in [0, 0.05) is 5.69 Å². The van der Waals surface area contributed by atoms with Gasteiger partial charge in [-0.15, -0.1) is 0 Å². The summed E-state index contributed by atoms with van der Waals surface area (Å²) >= 11 is 0. The number of benzene rings is 1. The Morgan fingerprint density at radius 2 is 1.89 bits per heavy atom. The molecule has 1 aromatic rings. The molecule has 0 fully saturated rings.